The molecule has 0 heterocycles. The Morgan fingerprint density at radius 1 is 0.972 bits per heavy atom. The van der Waals surface area contributed by atoms with Gasteiger partial charge in [-0.05, 0) is 73.9 Å². The van der Waals surface area contributed by atoms with Crippen LogP contribution in [0.1, 0.15) is 24.0 Å². The van der Waals surface area contributed by atoms with Crippen molar-refractivity contribution in [1.82, 2.24) is 5.32 Å². The molecule has 0 spiro atoms. The van der Waals surface area contributed by atoms with Gasteiger partial charge in [0.05, 0.1) is 18.5 Å². The van der Waals surface area contributed by atoms with E-state index in [1.807, 2.05) is 50.2 Å². The number of anilines is 1. The zero-order chi connectivity index (χ0) is 26.1. The third kappa shape index (κ3) is 8.17. The first-order valence-corrected chi connectivity index (χ1v) is 13.8. The zero-order valence-corrected chi connectivity index (χ0v) is 22.2. The zero-order valence-electron chi connectivity index (χ0n) is 20.7. The van der Waals surface area contributed by atoms with Gasteiger partial charge in [-0.2, -0.15) is 0 Å². The van der Waals surface area contributed by atoms with E-state index >= 15 is 0 Å². The molecule has 0 saturated carbocycles. The molecule has 0 aromatic heterocycles. The maximum Gasteiger partial charge on any atom is 0.232 e. The molecule has 192 valence electrons. The summed E-state index contributed by atoms with van der Waals surface area (Å²) in [5.74, 6) is 1.49. The minimum atomic E-state index is -3.66. The number of nitrogens with zero attached hydrogens (tertiary/aromatic N) is 1. The summed E-state index contributed by atoms with van der Waals surface area (Å²) in [7, 11) is -3.66. The van der Waals surface area contributed by atoms with E-state index in [-0.39, 0.29) is 18.9 Å². The van der Waals surface area contributed by atoms with Crippen LogP contribution in [0.15, 0.2) is 66.7 Å². The molecule has 0 aliphatic carbocycles. The summed E-state index contributed by atoms with van der Waals surface area (Å²) in [5.41, 5.74) is 2.65. The van der Waals surface area contributed by atoms with Crippen LogP contribution >= 0.6 is 11.6 Å². The number of halogens is 1. The van der Waals surface area contributed by atoms with E-state index in [0.717, 1.165) is 17.6 Å². The molecule has 0 bridgehead atoms. The molecule has 3 aromatic carbocycles. The standard InChI is InChI=1S/C27H31ClN2O5S/c1-20-11-13-24(18-21(20)2)34-17-15-29-27(31)10-7-16-30(36(3,32)33)25-19-22(28)12-14-26(25)35-23-8-5-4-6-9-23/h4-6,8-9,11-14,18-19H,7,10,15-17H2,1-3H3,(H,29,31). The number of amides is 1. The molecule has 0 fully saturated rings. The minimum Gasteiger partial charge on any atom is -0.492 e. The van der Waals surface area contributed by atoms with Crippen molar-refractivity contribution < 1.29 is 22.7 Å². The summed E-state index contributed by atoms with van der Waals surface area (Å²) in [5, 5.41) is 3.18. The predicted octanol–water partition coefficient (Wildman–Crippen LogP) is 5.49. The van der Waals surface area contributed by atoms with Gasteiger partial charge in [-0.15, -0.1) is 0 Å². The van der Waals surface area contributed by atoms with Crippen LogP contribution in [0.25, 0.3) is 0 Å². The van der Waals surface area contributed by atoms with Crippen LogP contribution in [-0.4, -0.2) is 40.3 Å². The molecule has 0 aliphatic heterocycles. The third-order valence-electron chi connectivity index (χ3n) is 5.50. The van der Waals surface area contributed by atoms with Gasteiger partial charge in [-0.3, -0.25) is 9.10 Å². The molecule has 0 atom stereocenters. The van der Waals surface area contributed by atoms with Gasteiger partial charge in [-0.1, -0.05) is 35.9 Å². The Morgan fingerprint density at radius 3 is 2.42 bits per heavy atom. The van der Waals surface area contributed by atoms with Crippen molar-refractivity contribution in [3.05, 3.63) is 82.9 Å². The largest absolute Gasteiger partial charge is 0.492 e. The molecule has 1 amide bonds. The maximum atomic E-state index is 12.6. The topological polar surface area (TPSA) is 84.9 Å². The summed E-state index contributed by atoms with van der Waals surface area (Å²) < 4.78 is 38.1. The number of aryl methyl sites for hydroxylation is 2. The average Bonchev–Trinajstić information content (AvgIpc) is 2.83. The highest BCUT2D eigenvalue weighted by Crippen LogP contribution is 2.36. The van der Waals surface area contributed by atoms with E-state index in [0.29, 0.717) is 41.8 Å². The van der Waals surface area contributed by atoms with Crippen LogP contribution in [-0.2, 0) is 14.8 Å². The highest BCUT2D eigenvalue weighted by molar-refractivity contribution is 7.92. The lowest BCUT2D eigenvalue weighted by Crippen LogP contribution is -2.33. The van der Waals surface area contributed by atoms with Gasteiger partial charge in [0.15, 0.2) is 5.75 Å². The number of sulfonamides is 1. The highest BCUT2D eigenvalue weighted by Gasteiger charge is 2.22. The molecule has 7 nitrogen and oxygen atoms in total. The molecular formula is C27H31ClN2O5S. The molecule has 9 heteroatoms. The van der Waals surface area contributed by atoms with Crippen LogP contribution in [0, 0.1) is 13.8 Å². The van der Waals surface area contributed by atoms with Crippen LogP contribution < -0.4 is 19.1 Å². The number of rotatable bonds is 12. The second kappa shape index (κ2) is 12.6. The molecule has 0 unspecified atom stereocenters. The molecule has 3 aromatic rings. The Hall–Kier alpha value is -3.23. The van der Waals surface area contributed by atoms with Crippen molar-refractivity contribution in [1.29, 1.82) is 0 Å². The Morgan fingerprint density at radius 2 is 1.72 bits per heavy atom. The fourth-order valence-electron chi connectivity index (χ4n) is 3.49. The monoisotopic (exact) mass is 530 g/mol. The van der Waals surface area contributed by atoms with Crippen LogP contribution in [0.2, 0.25) is 5.02 Å². The van der Waals surface area contributed by atoms with Gasteiger partial charge in [0.2, 0.25) is 15.9 Å². The number of para-hydroxylation sites is 1. The van der Waals surface area contributed by atoms with E-state index in [1.165, 1.54) is 9.87 Å². The number of carbonyl (C=O) groups is 1. The number of benzene rings is 3. The van der Waals surface area contributed by atoms with E-state index in [2.05, 4.69) is 5.32 Å². The fraction of sp³-hybridized carbons (Fsp3) is 0.296. The summed E-state index contributed by atoms with van der Waals surface area (Å²) in [4.78, 5) is 12.3. The van der Waals surface area contributed by atoms with Crippen LogP contribution in [0.5, 0.6) is 17.2 Å². The average molecular weight is 531 g/mol. The molecule has 0 aliphatic rings. The van der Waals surface area contributed by atoms with Gasteiger partial charge >= 0.3 is 0 Å². The number of hydrogen-bond acceptors (Lipinski definition) is 5. The van der Waals surface area contributed by atoms with E-state index in [1.54, 1.807) is 30.3 Å². The Labute approximate surface area is 218 Å². The van der Waals surface area contributed by atoms with Gasteiger partial charge in [0.1, 0.15) is 18.1 Å². The number of nitrogens with one attached hydrogen (secondary N) is 1. The summed E-state index contributed by atoms with van der Waals surface area (Å²) in [6.45, 7) is 4.84. The van der Waals surface area contributed by atoms with Crippen molar-refractivity contribution in [2.75, 3.05) is 30.3 Å². The quantitative estimate of drug-likeness (QED) is 0.313. The minimum absolute atomic E-state index is 0.0941. The number of carbonyl (C=O) groups excluding carboxylic acids is 1. The van der Waals surface area contributed by atoms with Gasteiger partial charge < -0.3 is 14.8 Å². The normalized spacial score (nSPS) is 11.1. The Bertz CT molecular complexity index is 1280. The van der Waals surface area contributed by atoms with Gasteiger partial charge in [-0.25, -0.2) is 8.42 Å². The predicted molar refractivity (Wildman–Crippen MR) is 144 cm³/mol. The Balaban J connectivity index is 1.56. The molecule has 1 N–H and O–H groups in total. The van der Waals surface area contributed by atoms with Crippen molar-refractivity contribution in [3.63, 3.8) is 0 Å². The van der Waals surface area contributed by atoms with Crippen molar-refractivity contribution in [2.24, 2.45) is 0 Å². The summed E-state index contributed by atoms with van der Waals surface area (Å²) >= 11 is 6.18. The van der Waals surface area contributed by atoms with E-state index in [4.69, 9.17) is 21.1 Å². The van der Waals surface area contributed by atoms with Crippen LogP contribution in [0.4, 0.5) is 5.69 Å². The van der Waals surface area contributed by atoms with E-state index in [9.17, 15) is 13.2 Å². The fourth-order valence-corrected chi connectivity index (χ4v) is 4.61. The van der Waals surface area contributed by atoms with Crippen molar-refractivity contribution in [2.45, 2.75) is 26.7 Å². The van der Waals surface area contributed by atoms with Crippen molar-refractivity contribution >= 4 is 33.2 Å². The molecular weight excluding hydrogens is 500 g/mol. The first kappa shape index (κ1) is 27.4. The second-order valence-corrected chi connectivity index (χ2v) is 10.8. The maximum absolute atomic E-state index is 12.6. The van der Waals surface area contributed by atoms with Gasteiger partial charge in [0, 0.05) is 18.0 Å². The molecule has 0 saturated heterocycles. The number of ether oxygens (including phenoxy) is 2. The SMILES string of the molecule is Cc1ccc(OCCNC(=O)CCCN(c2cc(Cl)ccc2Oc2ccccc2)S(C)(=O)=O)cc1C. The van der Waals surface area contributed by atoms with Gasteiger partial charge in [0.25, 0.3) is 0 Å². The smallest absolute Gasteiger partial charge is 0.232 e. The summed E-state index contributed by atoms with van der Waals surface area (Å²) in [6.07, 6.45) is 1.59. The lowest BCUT2D eigenvalue weighted by Gasteiger charge is -2.25. The second-order valence-electron chi connectivity index (χ2n) is 8.41. The lowest BCUT2D eigenvalue weighted by molar-refractivity contribution is -0.121. The van der Waals surface area contributed by atoms with Crippen LogP contribution in [0.3, 0.4) is 0 Å². The Kier molecular flexibility index (Phi) is 9.61. The highest BCUT2D eigenvalue weighted by atomic mass is 35.5. The molecule has 36 heavy (non-hydrogen) atoms. The molecule has 3 rings (SSSR count). The first-order chi connectivity index (χ1) is 17.1. The molecule has 0 radical (unpaired) electrons. The van der Waals surface area contributed by atoms with E-state index < -0.39 is 10.0 Å². The van der Waals surface area contributed by atoms with Crippen molar-refractivity contribution in [3.8, 4) is 17.2 Å². The lowest BCUT2D eigenvalue weighted by atomic mass is 10.1. The number of hydrogen-bond donors (Lipinski definition) is 1. The summed E-state index contributed by atoms with van der Waals surface area (Å²) in [6, 6.07) is 19.7. The first-order valence-electron chi connectivity index (χ1n) is 11.6. The third-order valence-corrected chi connectivity index (χ3v) is 6.91.